The Labute approximate surface area is 164 Å². The number of hydrogen-bond acceptors (Lipinski definition) is 5. The van der Waals surface area contributed by atoms with Gasteiger partial charge in [0.2, 0.25) is 0 Å². The highest BCUT2D eigenvalue weighted by atomic mass is 32.2. The van der Waals surface area contributed by atoms with Gasteiger partial charge < -0.3 is 10.1 Å². The molecule has 0 aromatic carbocycles. The molecule has 26 heavy (non-hydrogen) atoms. The molecule has 0 spiro atoms. The van der Waals surface area contributed by atoms with Crippen LogP contribution in [-0.2, 0) is 4.74 Å². The minimum atomic E-state index is 0.499. The van der Waals surface area contributed by atoms with Crippen LogP contribution in [-0.4, -0.2) is 61.6 Å². The van der Waals surface area contributed by atoms with Gasteiger partial charge in [0.05, 0.1) is 6.10 Å². The third-order valence-electron chi connectivity index (χ3n) is 7.20. The highest BCUT2D eigenvalue weighted by Crippen LogP contribution is 2.40. The smallest absolute Gasteiger partial charge is 0.0731 e. The van der Waals surface area contributed by atoms with Crippen LogP contribution in [0.5, 0.6) is 0 Å². The Hall–Kier alpha value is 0.190. The summed E-state index contributed by atoms with van der Waals surface area (Å²) in [5, 5.41) is 4.40. The lowest BCUT2D eigenvalue weighted by molar-refractivity contribution is -0.0189. The Balaban J connectivity index is 1.40. The van der Waals surface area contributed by atoms with Crippen LogP contribution in [0.1, 0.15) is 64.2 Å². The van der Waals surface area contributed by atoms with Gasteiger partial charge in [-0.25, -0.2) is 0 Å². The number of rotatable bonds is 0. The Morgan fingerprint density at radius 2 is 1.77 bits per heavy atom. The van der Waals surface area contributed by atoms with E-state index in [2.05, 4.69) is 14.9 Å². The molecule has 0 aromatic rings. The minimum Gasteiger partial charge on any atom is -0.377 e. The molecule has 0 amide bonds. The van der Waals surface area contributed by atoms with Gasteiger partial charge in [-0.15, -0.1) is 0 Å². The summed E-state index contributed by atoms with van der Waals surface area (Å²) in [6.45, 7) is 7.09. The van der Waals surface area contributed by atoms with Gasteiger partial charge in [0.25, 0.3) is 0 Å². The first-order valence-electron chi connectivity index (χ1n) is 11.3. The third-order valence-corrected chi connectivity index (χ3v) is 8.33. The van der Waals surface area contributed by atoms with Crippen LogP contribution < -0.4 is 10.0 Å². The summed E-state index contributed by atoms with van der Waals surface area (Å²) >= 11 is 2.02. The molecule has 5 unspecified atom stereocenters. The van der Waals surface area contributed by atoms with E-state index in [0.717, 1.165) is 36.8 Å². The zero-order chi connectivity index (χ0) is 17.6. The lowest BCUT2D eigenvalue weighted by Gasteiger charge is -2.45. The maximum atomic E-state index is 6.28. The van der Waals surface area contributed by atoms with Crippen LogP contribution in [0.15, 0.2) is 0 Å². The summed E-state index contributed by atoms with van der Waals surface area (Å²) < 4.78 is 9.94. The van der Waals surface area contributed by atoms with Crippen LogP contribution in [0.4, 0.5) is 0 Å². The normalized spacial score (nSPS) is 41.3. The standard InChI is InChI=1S/C21H39N3OS/c1-2-10-22-11-3-12-23-26-19-8-9-21-20(15-19)24(13-4-14-25-21)16-18-7-6-17(18)5-1/h17-23H,1-16H2. The topological polar surface area (TPSA) is 36.5 Å². The van der Waals surface area contributed by atoms with Crippen LogP contribution in [0, 0.1) is 11.8 Å². The minimum absolute atomic E-state index is 0.499. The highest BCUT2D eigenvalue weighted by molar-refractivity contribution is 7.98. The molecular weight excluding hydrogens is 342 g/mol. The maximum absolute atomic E-state index is 6.28. The van der Waals surface area contributed by atoms with Gasteiger partial charge in [0.15, 0.2) is 0 Å². The second-order valence-electron chi connectivity index (χ2n) is 8.97. The van der Waals surface area contributed by atoms with Crippen molar-refractivity contribution >= 4 is 11.9 Å². The number of ether oxygens (including phenoxy) is 1. The molecule has 4 rings (SSSR count). The zero-order valence-electron chi connectivity index (χ0n) is 16.5. The Morgan fingerprint density at radius 3 is 2.69 bits per heavy atom. The molecule has 0 radical (unpaired) electrons. The first kappa shape index (κ1) is 19.5. The second-order valence-corrected chi connectivity index (χ2v) is 10.2. The average Bonchev–Trinajstić information content (AvgIpc) is 2.84. The predicted octanol–water partition coefficient (Wildman–Crippen LogP) is 3.43. The SMILES string of the molecule is C1CCC2CCC2CN2CCCOC3CCC(CC32)SNCCCNC1. The van der Waals surface area contributed by atoms with E-state index in [1.54, 1.807) is 0 Å². The Bertz CT molecular complexity index is 424. The molecule has 2 heterocycles. The van der Waals surface area contributed by atoms with Crippen LogP contribution >= 0.6 is 11.9 Å². The van der Waals surface area contributed by atoms with Gasteiger partial charge in [0, 0.05) is 37.5 Å². The van der Waals surface area contributed by atoms with E-state index in [-0.39, 0.29) is 0 Å². The molecule has 150 valence electrons. The van der Waals surface area contributed by atoms with Crippen molar-refractivity contribution in [2.24, 2.45) is 11.8 Å². The van der Waals surface area contributed by atoms with E-state index in [9.17, 15) is 0 Å². The monoisotopic (exact) mass is 381 g/mol. The van der Waals surface area contributed by atoms with Gasteiger partial charge in [-0.3, -0.25) is 9.62 Å². The molecule has 2 N–H and O–H groups in total. The van der Waals surface area contributed by atoms with Crippen molar-refractivity contribution < 1.29 is 4.74 Å². The molecular formula is C21H39N3OS. The summed E-state index contributed by atoms with van der Waals surface area (Å²) in [6, 6.07) is 0.671. The lowest BCUT2D eigenvalue weighted by atomic mass is 9.70. The average molecular weight is 382 g/mol. The fraction of sp³-hybridized carbons (Fsp3) is 1.00. The van der Waals surface area contributed by atoms with Gasteiger partial charge >= 0.3 is 0 Å². The molecule has 2 aliphatic heterocycles. The molecule has 2 saturated heterocycles. The lowest BCUT2D eigenvalue weighted by Crippen LogP contribution is -2.51. The summed E-state index contributed by atoms with van der Waals surface area (Å²) in [6.07, 6.45) is 14.1. The summed E-state index contributed by atoms with van der Waals surface area (Å²) in [5.74, 6) is 1.97. The van der Waals surface area contributed by atoms with Crippen LogP contribution in [0.3, 0.4) is 0 Å². The molecule has 4 aliphatic rings. The molecule has 5 atom stereocenters. The predicted molar refractivity (Wildman–Crippen MR) is 111 cm³/mol. The van der Waals surface area contributed by atoms with Gasteiger partial charge in [-0.2, -0.15) is 0 Å². The molecule has 2 bridgehead atoms. The van der Waals surface area contributed by atoms with Crippen LogP contribution in [0.2, 0.25) is 0 Å². The summed E-state index contributed by atoms with van der Waals surface area (Å²) in [4.78, 5) is 2.86. The first-order valence-corrected chi connectivity index (χ1v) is 12.2. The Kier molecular flexibility index (Phi) is 7.58. The van der Waals surface area contributed by atoms with E-state index >= 15 is 0 Å². The fourth-order valence-corrected chi connectivity index (χ4v) is 6.51. The quantitative estimate of drug-likeness (QED) is 0.629. The van der Waals surface area contributed by atoms with Crippen molar-refractivity contribution in [1.82, 2.24) is 14.9 Å². The summed E-state index contributed by atoms with van der Waals surface area (Å²) in [7, 11) is 0. The molecule has 2 saturated carbocycles. The number of hydrogen-bond donors (Lipinski definition) is 2. The fourth-order valence-electron chi connectivity index (χ4n) is 5.47. The van der Waals surface area contributed by atoms with Crippen molar-refractivity contribution in [2.75, 3.05) is 39.3 Å². The molecule has 2 aliphatic carbocycles. The van der Waals surface area contributed by atoms with Crippen molar-refractivity contribution in [1.29, 1.82) is 0 Å². The van der Waals surface area contributed by atoms with E-state index in [0.29, 0.717) is 12.1 Å². The summed E-state index contributed by atoms with van der Waals surface area (Å²) in [5.41, 5.74) is 0. The number of nitrogens with one attached hydrogen (secondary N) is 2. The Morgan fingerprint density at radius 1 is 0.846 bits per heavy atom. The van der Waals surface area contributed by atoms with Crippen molar-refractivity contribution in [2.45, 2.75) is 81.6 Å². The van der Waals surface area contributed by atoms with E-state index < -0.39 is 0 Å². The van der Waals surface area contributed by atoms with E-state index in [1.165, 1.54) is 83.8 Å². The molecule has 5 heteroatoms. The maximum Gasteiger partial charge on any atom is 0.0731 e. The van der Waals surface area contributed by atoms with Crippen molar-refractivity contribution in [3.8, 4) is 0 Å². The van der Waals surface area contributed by atoms with Gasteiger partial charge in [-0.05, 0) is 76.3 Å². The van der Waals surface area contributed by atoms with E-state index in [4.69, 9.17) is 4.74 Å². The van der Waals surface area contributed by atoms with Gasteiger partial charge in [0.1, 0.15) is 0 Å². The molecule has 4 nitrogen and oxygen atoms in total. The van der Waals surface area contributed by atoms with Gasteiger partial charge in [-0.1, -0.05) is 24.8 Å². The molecule has 0 aromatic heterocycles. The highest BCUT2D eigenvalue weighted by Gasteiger charge is 2.39. The van der Waals surface area contributed by atoms with Crippen molar-refractivity contribution in [3.05, 3.63) is 0 Å². The number of fused-ring (bicyclic) bond motifs is 2. The molecule has 4 fully saturated rings. The van der Waals surface area contributed by atoms with Crippen LogP contribution in [0.25, 0.3) is 0 Å². The third kappa shape index (κ3) is 5.16. The van der Waals surface area contributed by atoms with E-state index in [1.807, 2.05) is 11.9 Å². The number of nitrogens with zero attached hydrogens (tertiary/aromatic N) is 1. The largest absolute Gasteiger partial charge is 0.377 e. The first-order chi connectivity index (χ1) is 12.9. The second kappa shape index (κ2) is 10.1. The van der Waals surface area contributed by atoms with Crippen molar-refractivity contribution in [3.63, 3.8) is 0 Å². The zero-order valence-corrected chi connectivity index (χ0v) is 17.3.